The fourth-order valence-corrected chi connectivity index (χ4v) is 4.56. The van der Waals surface area contributed by atoms with Gasteiger partial charge in [-0.25, -0.2) is 0 Å². The third-order valence-electron chi connectivity index (χ3n) is 5.96. The lowest BCUT2D eigenvalue weighted by Gasteiger charge is -2.22. The van der Waals surface area contributed by atoms with Gasteiger partial charge in [0, 0.05) is 0 Å². The Kier molecular flexibility index (Phi) is 5.02. The summed E-state index contributed by atoms with van der Waals surface area (Å²) < 4.78 is 0. The van der Waals surface area contributed by atoms with E-state index in [1.807, 2.05) is 0 Å². The average Bonchev–Trinajstić information content (AvgIpc) is 2.69. The molecule has 1 aromatic carbocycles. The largest absolute Gasteiger partial charge is 0.0807 e. The van der Waals surface area contributed by atoms with Crippen LogP contribution in [0.4, 0.5) is 0 Å². The molecule has 0 bridgehead atoms. The van der Waals surface area contributed by atoms with E-state index in [4.69, 9.17) is 0 Å². The summed E-state index contributed by atoms with van der Waals surface area (Å²) in [4.78, 5) is 0. The summed E-state index contributed by atoms with van der Waals surface area (Å²) >= 11 is 0. The molecule has 0 saturated heterocycles. The summed E-state index contributed by atoms with van der Waals surface area (Å²) in [7, 11) is 0. The first kappa shape index (κ1) is 15.9. The van der Waals surface area contributed by atoms with Gasteiger partial charge in [-0.15, -0.1) is 0 Å². The van der Waals surface area contributed by atoms with Gasteiger partial charge in [0.2, 0.25) is 0 Å². The van der Waals surface area contributed by atoms with Gasteiger partial charge in [-0.2, -0.15) is 0 Å². The molecule has 0 atom stereocenters. The van der Waals surface area contributed by atoms with E-state index in [1.54, 1.807) is 22.3 Å². The Morgan fingerprint density at radius 3 is 1.58 bits per heavy atom. The van der Waals surface area contributed by atoms with Crippen molar-refractivity contribution >= 4 is 16.7 Å². The maximum atomic E-state index is 2.53. The zero-order chi connectivity index (χ0) is 16.2. The minimum absolute atomic E-state index is 1.26. The van der Waals surface area contributed by atoms with Crippen molar-refractivity contribution in [1.29, 1.82) is 0 Å². The van der Waals surface area contributed by atoms with Crippen molar-refractivity contribution in [3.05, 3.63) is 53.1 Å². The van der Waals surface area contributed by atoms with E-state index < -0.39 is 0 Å². The van der Waals surface area contributed by atoms with Crippen LogP contribution in [0, 0.1) is 0 Å². The van der Waals surface area contributed by atoms with Crippen LogP contribution in [0.1, 0.15) is 93.7 Å². The van der Waals surface area contributed by atoms with E-state index in [0.717, 1.165) is 0 Å². The molecule has 126 valence electrons. The van der Waals surface area contributed by atoms with Gasteiger partial charge in [0.05, 0.1) is 0 Å². The predicted octanol–water partition coefficient (Wildman–Crippen LogP) is 7.56. The maximum absolute atomic E-state index is 2.53. The average molecular weight is 319 g/mol. The maximum Gasteiger partial charge on any atom is -0.0146 e. The van der Waals surface area contributed by atoms with Crippen LogP contribution in [-0.2, 0) is 0 Å². The van der Waals surface area contributed by atoms with Crippen molar-refractivity contribution in [3.63, 3.8) is 0 Å². The first-order chi connectivity index (χ1) is 11.9. The zero-order valence-corrected chi connectivity index (χ0v) is 14.9. The van der Waals surface area contributed by atoms with Crippen molar-refractivity contribution in [2.75, 3.05) is 0 Å². The summed E-state index contributed by atoms with van der Waals surface area (Å²) in [5.74, 6) is 0. The third-order valence-corrected chi connectivity index (χ3v) is 5.96. The van der Waals surface area contributed by atoms with Crippen LogP contribution in [0.15, 0.2) is 36.4 Å². The van der Waals surface area contributed by atoms with Gasteiger partial charge in [0.25, 0.3) is 0 Å². The Balaban J connectivity index is 1.76. The molecule has 0 heteroatoms. The molecule has 0 unspecified atom stereocenters. The zero-order valence-electron chi connectivity index (χ0n) is 14.9. The van der Waals surface area contributed by atoms with Crippen LogP contribution in [0.5, 0.6) is 0 Å². The molecule has 3 aliphatic carbocycles. The molecule has 0 amide bonds. The summed E-state index contributed by atoms with van der Waals surface area (Å²) in [6, 6.07) is 7.36. The molecule has 0 aliphatic heterocycles. The first-order valence-corrected chi connectivity index (χ1v) is 10.1. The van der Waals surface area contributed by atoms with Crippen molar-refractivity contribution in [3.8, 4) is 0 Å². The van der Waals surface area contributed by atoms with Crippen LogP contribution in [0.25, 0.3) is 16.7 Å². The van der Waals surface area contributed by atoms with E-state index >= 15 is 0 Å². The number of benzene rings is 1. The van der Waals surface area contributed by atoms with Crippen LogP contribution in [-0.4, -0.2) is 0 Å². The highest BCUT2D eigenvalue weighted by atomic mass is 14.2. The lowest BCUT2D eigenvalue weighted by molar-refractivity contribution is 0.736. The molecule has 24 heavy (non-hydrogen) atoms. The van der Waals surface area contributed by atoms with Gasteiger partial charge >= 0.3 is 0 Å². The summed E-state index contributed by atoms with van der Waals surface area (Å²) in [6.07, 6.45) is 23.3. The normalized spacial score (nSPS) is 21.8. The molecule has 0 fully saturated rings. The van der Waals surface area contributed by atoms with Gasteiger partial charge < -0.3 is 0 Å². The lowest BCUT2D eigenvalue weighted by atomic mass is 9.83. The van der Waals surface area contributed by atoms with Crippen LogP contribution >= 0.6 is 0 Å². The fraction of sp³-hybridized carbons (Fsp3) is 0.500. The Labute approximate surface area is 147 Å². The minimum atomic E-state index is 1.26. The SMILES string of the molecule is C1=C(c2ccc(C3=CCCCC3)c(C3=CCCCC3)c2)CCCC1. The Bertz CT molecular complexity index is 684. The standard InChI is InChI=1S/C24H30/c1-4-10-19(11-5-1)22-16-17-23(20-12-6-2-7-13-20)24(18-22)21-14-8-3-9-15-21/h10,12,14,16-18H,1-9,11,13,15H2. The second kappa shape index (κ2) is 7.55. The monoisotopic (exact) mass is 318 g/mol. The highest BCUT2D eigenvalue weighted by molar-refractivity contribution is 5.83. The van der Waals surface area contributed by atoms with Gasteiger partial charge in [-0.1, -0.05) is 30.4 Å². The Hall–Kier alpha value is -1.56. The molecule has 0 heterocycles. The summed E-state index contributed by atoms with van der Waals surface area (Å²) in [5, 5.41) is 0. The van der Waals surface area contributed by atoms with Crippen LogP contribution < -0.4 is 0 Å². The molecular weight excluding hydrogens is 288 g/mol. The van der Waals surface area contributed by atoms with Gasteiger partial charge in [0.15, 0.2) is 0 Å². The number of hydrogen-bond donors (Lipinski definition) is 0. The smallest absolute Gasteiger partial charge is 0.0146 e. The summed E-state index contributed by atoms with van der Waals surface area (Å²) in [5.41, 5.74) is 9.36. The second-order valence-corrected chi connectivity index (χ2v) is 7.69. The van der Waals surface area contributed by atoms with Gasteiger partial charge in [-0.3, -0.25) is 0 Å². The molecule has 3 aliphatic rings. The van der Waals surface area contributed by atoms with Gasteiger partial charge in [-0.05, 0) is 117 Å². The third kappa shape index (κ3) is 3.43. The molecule has 0 aromatic heterocycles. The molecule has 0 spiro atoms. The highest BCUT2D eigenvalue weighted by Gasteiger charge is 2.17. The van der Waals surface area contributed by atoms with Crippen molar-refractivity contribution in [2.24, 2.45) is 0 Å². The highest BCUT2D eigenvalue weighted by Crippen LogP contribution is 2.38. The Morgan fingerprint density at radius 1 is 0.500 bits per heavy atom. The van der Waals surface area contributed by atoms with Crippen molar-refractivity contribution in [2.45, 2.75) is 77.0 Å². The van der Waals surface area contributed by atoms with Gasteiger partial charge in [0.1, 0.15) is 0 Å². The number of rotatable bonds is 3. The van der Waals surface area contributed by atoms with Crippen LogP contribution in [0.2, 0.25) is 0 Å². The topological polar surface area (TPSA) is 0 Å². The molecule has 1 aromatic rings. The number of allylic oxidation sites excluding steroid dienone is 6. The second-order valence-electron chi connectivity index (χ2n) is 7.69. The molecule has 4 rings (SSSR count). The van der Waals surface area contributed by atoms with E-state index in [0.29, 0.717) is 0 Å². The van der Waals surface area contributed by atoms with Crippen LogP contribution in [0.3, 0.4) is 0 Å². The molecule has 0 radical (unpaired) electrons. The predicted molar refractivity (Wildman–Crippen MR) is 106 cm³/mol. The van der Waals surface area contributed by atoms with E-state index in [1.165, 1.54) is 88.2 Å². The van der Waals surface area contributed by atoms with E-state index in [-0.39, 0.29) is 0 Å². The number of hydrogen-bond acceptors (Lipinski definition) is 0. The van der Waals surface area contributed by atoms with Crippen molar-refractivity contribution in [1.82, 2.24) is 0 Å². The molecular formula is C24H30. The molecule has 0 N–H and O–H groups in total. The van der Waals surface area contributed by atoms with E-state index in [2.05, 4.69) is 36.4 Å². The first-order valence-electron chi connectivity index (χ1n) is 10.1. The molecule has 0 saturated carbocycles. The van der Waals surface area contributed by atoms with Crippen molar-refractivity contribution < 1.29 is 0 Å². The molecule has 0 nitrogen and oxygen atoms in total. The Morgan fingerprint density at radius 2 is 1.04 bits per heavy atom. The fourth-order valence-electron chi connectivity index (χ4n) is 4.56. The lowest BCUT2D eigenvalue weighted by Crippen LogP contribution is -2.01. The quantitative estimate of drug-likeness (QED) is 0.539. The van der Waals surface area contributed by atoms with E-state index in [9.17, 15) is 0 Å². The summed E-state index contributed by atoms with van der Waals surface area (Å²) in [6.45, 7) is 0. The minimum Gasteiger partial charge on any atom is -0.0807 e.